The number of aryl methyl sites for hydroxylation is 1. The molecular formula is C15H18N2O4. The second-order valence-corrected chi connectivity index (χ2v) is 4.17. The first-order chi connectivity index (χ1) is 10.1. The number of benzene rings is 1. The average Bonchev–Trinajstić information content (AvgIpc) is 2.50. The highest BCUT2D eigenvalue weighted by Crippen LogP contribution is 2.06. The third kappa shape index (κ3) is 5.90. The van der Waals surface area contributed by atoms with E-state index in [1.807, 2.05) is 24.4 Å². The number of hydrogen-bond donors (Lipinski definition) is 2. The second-order valence-electron chi connectivity index (χ2n) is 4.17. The molecule has 1 aromatic rings. The minimum absolute atomic E-state index is 0.239. The molecule has 1 aromatic carbocycles. The van der Waals surface area contributed by atoms with Crippen LogP contribution in [0, 0.1) is 0 Å². The first-order valence-corrected chi connectivity index (χ1v) is 6.51. The number of amides is 3. The van der Waals surface area contributed by atoms with Crippen LogP contribution in [0.15, 0.2) is 36.9 Å². The van der Waals surface area contributed by atoms with Gasteiger partial charge in [0.1, 0.15) is 0 Å². The normalized spacial score (nSPS) is 9.57. The molecule has 0 bridgehead atoms. The molecule has 0 spiro atoms. The molecule has 0 heterocycles. The third-order valence-electron chi connectivity index (χ3n) is 2.59. The van der Waals surface area contributed by atoms with Crippen LogP contribution in [0.1, 0.15) is 22.8 Å². The summed E-state index contributed by atoms with van der Waals surface area (Å²) >= 11 is 0. The van der Waals surface area contributed by atoms with Crippen molar-refractivity contribution in [1.82, 2.24) is 10.6 Å². The van der Waals surface area contributed by atoms with Gasteiger partial charge in [-0.05, 0) is 24.1 Å². The number of urea groups is 1. The SMILES string of the molecule is C=CCNC(=O)NC(=O)COC(=O)c1ccc(CC)cc1. The molecule has 0 aromatic heterocycles. The fourth-order valence-electron chi connectivity index (χ4n) is 1.46. The molecule has 0 atom stereocenters. The Bertz CT molecular complexity index is 523. The number of nitrogens with one attached hydrogen (secondary N) is 2. The lowest BCUT2D eigenvalue weighted by Crippen LogP contribution is -2.41. The van der Waals surface area contributed by atoms with Crippen molar-refractivity contribution >= 4 is 17.9 Å². The minimum atomic E-state index is -0.699. The van der Waals surface area contributed by atoms with Crippen molar-refractivity contribution in [2.75, 3.05) is 13.2 Å². The molecular weight excluding hydrogens is 272 g/mol. The van der Waals surface area contributed by atoms with Crippen LogP contribution in [0.5, 0.6) is 0 Å². The highest BCUT2D eigenvalue weighted by atomic mass is 16.5. The first kappa shape index (κ1) is 16.4. The molecule has 0 fully saturated rings. The zero-order valence-corrected chi connectivity index (χ0v) is 11.8. The smallest absolute Gasteiger partial charge is 0.338 e. The molecule has 6 nitrogen and oxygen atoms in total. The molecule has 1 rings (SSSR count). The molecule has 0 radical (unpaired) electrons. The highest BCUT2D eigenvalue weighted by molar-refractivity contribution is 5.97. The molecule has 0 unspecified atom stereocenters. The lowest BCUT2D eigenvalue weighted by atomic mass is 10.1. The summed E-state index contributed by atoms with van der Waals surface area (Å²) in [6.45, 7) is 5.15. The Morgan fingerprint density at radius 1 is 1.24 bits per heavy atom. The van der Waals surface area contributed by atoms with E-state index in [-0.39, 0.29) is 6.54 Å². The van der Waals surface area contributed by atoms with Gasteiger partial charge in [0.25, 0.3) is 5.91 Å². The number of hydrogen-bond acceptors (Lipinski definition) is 4. The van der Waals surface area contributed by atoms with Crippen LogP contribution < -0.4 is 10.6 Å². The van der Waals surface area contributed by atoms with Gasteiger partial charge in [0.2, 0.25) is 0 Å². The van der Waals surface area contributed by atoms with Gasteiger partial charge in [0, 0.05) is 6.54 Å². The van der Waals surface area contributed by atoms with E-state index in [9.17, 15) is 14.4 Å². The van der Waals surface area contributed by atoms with Crippen LogP contribution in [0.4, 0.5) is 4.79 Å². The molecule has 0 aliphatic heterocycles. The van der Waals surface area contributed by atoms with E-state index >= 15 is 0 Å². The van der Waals surface area contributed by atoms with E-state index in [1.54, 1.807) is 12.1 Å². The Morgan fingerprint density at radius 3 is 2.48 bits per heavy atom. The van der Waals surface area contributed by atoms with Gasteiger partial charge in [0.05, 0.1) is 5.56 Å². The van der Waals surface area contributed by atoms with Gasteiger partial charge in [-0.3, -0.25) is 10.1 Å². The topological polar surface area (TPSA) is 84.5 Å². The average molecular weight is 290 g/mol. The Hall–Kier alpha value is -2.63. The van der Waals surface area contributed by atoms with Crippen LogP contribution in [-0.2, 0) is 16.0 Å². The largest absolute Gasteiger partial charge is 0.452 e. The first-order valence-electron chi connectivity index (χ1n) is 6.51. The Kier molecular flexibility index (Phi) is 6.67. The predicted octanol–water partition coefficient (Wildman–Crippen LogP) is 1.42. The quantitative estimate of drug-likeness (QED) is 0.613. The van der Waals surface area contributed by atoms with Crippen molar-refractivity contribution in [3.05, 3.63) is 48.0 Å². The highest BCUT2D eigenvalue weighted by Gasteiger charge is 2.11. The van der Waals surface area contributed by atoms with Crippen molar-refractivity contribution in [3.63, 3.8) is 0 Å². The van der Waals surface area contributed by atoms with Crippen molar-refractivity contribution < 1.29 is 19.1 Å². The Balaban J connectivity index is 2.39. The van der Waals surface area contributed by atoms with Gasteiger partial charge in [0.15, 0.2) is 6.61 Å². The maximum Gasteiger partial charge on any atom is 0.338 e. The van der Waals surface area contributed by atoms with Gasteiger partial charge in [-0.2, -0.15) is 0 Å². The van der Waals surface area contributed by atoms with Gasteiger partial charge >= 0.3 is 12.0 Å². The van der Waals surface area contributed by atoms with E-state index in [4.69, 9.17) is 4.74 Å². The summed E-state index contributed by atoms with van der Waals surface area (Å²) in [5.74, 6) is -1.31. The molecule has 0 saturated heterocycles. The molecule has 0 aliphatic rings. The molecule has 6 heteroatoms. The van der Waals surface area contributed by atoms with E-state index in [1.165, 1.54) is 6.08 Å². The summed E-state index contributed by atoms with van der Waals surface area (Å²) in [7, 11) is 0. The fraction of sp³-hybridized carbons (Fsp3) is 0.267. The van der Waals surface area contributed by atoms with Gasteiger partial charge in [-0.15, -0.1) is 6.58 Å². The van der Waals surface area contributed by atoms with Crippen LogP contribution in [0.3, 0.4) is 0 Å². The van der Waals surface area contributed by atoms with Crippen molar-refractivity contribution in [2.24, 2.45) is 0 Å². The number of carbonyl (C=O) groups is 3. The van der Waals surface area contributed by atoms with Gasteiger partial charge in [-0.25, -0.2) is 9.59 Å². The zero-order chi connectivity index (χ0) is 15.7. The van der Waals surface area contributed by atoms with Crippen molar-refractivity contribution in [3.8, 4) is 0 Å². The second kappa shape index (κ2) is 8.52. The number of imide groups is 1. The van der Waals surface area contributed by atoms with Crippen molar-refractivity contribution in [2.45, 2.75) is 13.3 Å². The maximum atomic E-state index is 11.7. The molecule has 112 valence electrons. The van der Waals surface area contributed by atoms with Gasteiger partial charge in [-0.1, -0.05) is 25.1 Å². The summed E-state index contributed by atoms with van der Waals surface area (Å²) in [4.78, 5) is 34.2. The van der Waals surface area contributed by atoms with E-state index in [0.29, 0.717) is 5.56 Å². The van der Waals surface area contributed by atoms with Crippen LogP contribution in [-0.4, -0.2) is 31.1 Å². The molecule has 21 heavy (non-hydrogen) atoms. The number of carbonyl (C=O) groups excluding carboxylic acids is 3. The standard InChI is InChI=1S/C15H18N2O4/c1-3-9-16-15(20)17-13(18)10-21-14(19)12-7-5-11(4-2)6-8-12/h3,5-8H,1,4,9-10H2,2H3,(H2,16,17,18,20). The van der Waals surface area contributed by atoms with Crippen LogP contribution >= 0.6 is 0 Å². The van der Waals surface area contributed by atoms with Gasteiger partial charge < -0.3 is 10.1 Å². The summed E-state index contributed by atoms with van der Waals surface area (Å²) in [5.41, 5.74) is 1.46. The summed E-state index contributed by atoms with van der Waals surface area (Å²) in [6, 6.07) is 6.24. The Morgan fingerprint density at radius 2 is 1.90 bits per heavy atom. The predicted molar refractivity (Wildman–Crippen MR) is 77.8 cm³/mol. The summed E-state index contributed by atoms with van der Waals surface area (Å²) in [6.07, 6.45) is 2.35. The summed E-state index contributed by atoms with van der Waals surface area (Å²) < 4.78 is 4.82. The van der Waals surface area contributed by atoms with Crippen LogP contribution in [0.25, 0.3) is 0 Å². The molecule has 0 aliphatic carbocycles. The zero-order valence-electron chi connectivity index (χ0n) is 11.8. The van der Waals surface area contributed by atoms with Crippen molar-refractivity contribution in [1.29, 1.82) is 0 Å². The van der Waals surface area contributed by atoms with E-state index < -0.39 is 24.5 Å². The molecule has 2 N–H and O–H groups in total. The fourth-order valence-corrected chi connectivity index (χ4v) is 1.46. The minimum Gasteiger partial charge on any atom is -0.452 e. The number of rotatable bonds is 6. The number of ether oxygens (including phenoxy) is 1. The summed E-state index contributed by atoms with van der Waals surface area (Å²) in [5, 5.41) is 4.39. The third-order valence-corrected chi connectivity index (χ3v) is 2.59. The Labute approximate surface area is 123 Å². The van der Waals surface area contributed by atoms with E-state index in [0.717, 1.165) is 12.0 Å². The maximum absolute atomic E-state index is 11.7. The monoisotopic (exact) mass is 290 g/mol. The number of esters is 1. The van der Waals surface area contributed by atoms with Crippen LogP contribution in [0.2, 0.25) is 0 Å². The lowest BCUT2D eigenvalue weighted by molar-refractivity contribution is -0.123. The molecule has 0 saturated carbocycles. The molecule has 3 amide bonds. The van der Waals surface area contributed by atoms with E-state index in [2.05, 4.69) is 11.9 Å². The lowest BCUT2D eigenvalue weighted by Gasteiger charge is -2.06.